The van der Waals surface area contributed by atoms with E-state index in [0.29, 0.717) is 12.8 Å². The number of aliphatic hydroxyl groups excluding tert-OH is 2. The molecule has 0 aromatic carbocycles. The normalized spacial score (nSPS) is 14.1. The summed E-state index contributed by atoms with van der Waals surface area (Å²) in [5, 5.41) is 18.3. The highest BCUT2D eigenvalue weighted by Gasteiger charge is 2.27. The van der Waals surface area contributed by atoms with Gasteiger partial charge < -0.3 is 24.6 Å². The molecular formula is C44H83O10P. The molecule has 0 saturated heterocycles. The first-order valence-electron chi connectivity index (χ1n) is 22.3. The molecule has 0 fully saturated rings. The Morgan fingerprint density at radius 2 is 0.945 bits per heavy atom. The molecule has 0 radical (unpaired) electrons. The van der Waals surface area contributed by atoms with E-state index in [0.717, 1.165) is 51.4 Å². The second-order valence-corrected chi connectivity index (χ2v) is 16.5. The molecule has 1 unspecified atom stereocenters. The molecule has 324 valence electrons. The number of carbonyl (C=O) groups is 2. The molecular weight excluding hydrogens is 719 g/mol. The van der Waals surface area contributed by atoms with Crippen molar-refractivity contribution in [2.75, 3.05) is 26.4 Å². The SMILES string of the molecule is CCCCC/C=C/C/C=C/CCCCCCCCCC(=O)OC[C@H](COP(=O)(O)OC[C@@H](O)CO)OC(=O)CCCCCCCCCCCCCCCCC. The van der Waals surface area contributed by atoms with E-state index in [2.05, 4.69) is 38.2 Å². The molecule has 0 aliphatic rings. The van der Waals surface area contributed by atoms with E-state index in [-0.39, 0.29) is 19.4 Å². The highest BCUT2D eigenvalue weighted by Crippen LogP contribution is 2.43. The first-order chi connectivity index (χ1) is 26.7. The van der Waals surface area contributed by atoms with Gasteiger partial charge in [0.1, 0.15) is 12.7 Å². The monoisotopic (exact) mass is 803 g/mol. The second-order valence-electron chi connectivity index (χ2n) is 15.1. The highest BCUT2D eigenvalue weighted by molar-refractivity contribution is 7.47. The van der Waals surface area contributed by atoms with Crippen molar-refractivity contribution in [3.05, 3.63) is 24.3 Å². The molecule has 0 rings (SSSR count). The Hall–Kier alpha value is -1.55. The number of phosphoric acid groups is 1. The van der Waals surface area contributed by atoms with Crippen molar-refractivity contribution in [1.29, 1.82) is 0 Å². The zero-order valence-corrected chi connectivity index (χ0v) is 36.0. The Balaban J connectivity index is 4.27. The fourth-order valence-electron chi connectivity index (χ4n) is 6.14. The van der Waals surface area contributed by atoms with E-state index in [1.54, 1.807) is 0 Å². The van der Waals surface area contributed by atoms with Gasteiger partial charge >= 0.3 is 19.8 Å². The zero-order valence-electron chi connectivity index (χ0n) is 35.2. The number of allylic oxidation sites excluding steroid dienone is 4. The molecule has 3 N–H and O–H groups in total. The maximum Gasteiger partial charge on any atom is 0.472 e. The van der Waals surface area contributed by atoms with Crippen LogP contribution in [0.2, 0.25) is 0 Å². The Bertz CT molecular complexity index is 972. The largest absolute Gasteiger partial charge is 0.472 e. The van der Waals surface area contributed by atoms with Crippen molar-refractivity contribution < 1.29 is 47.8 Å². The lowest BCUT2D eigenvalue weighted by molar-refractivity contribution is -0.161. The van der Waals surface area contributed by atoms with Crippen LogP contribution in [0, 0.1) is 0 Å². The first kappa shape index (κ1) is 53.5. The summed E-state index contributed by atoms with van der Waals surface area (Å²) >= 11 is 0. The lowest BCUT2D eigenvalue weighted by atomic mass is 10.0. The number of unbranched alkanes of at least 4 members (excludes halogenated alkanes) is 24. The topological polar surface area (TPSA) is 149 Å². The van der Waals surface area contributed by atoms with Gasteiger partial charge in [-0.15, -0.1) is 0 Å². The summed E-state index contributed by atoms with van der Waals surface area (Å²) in [6.07, 6.45) is 39.9. The van der Waals surface area contributed by atoms with Crippen LogP contribution < -0.4 is 0 Å². The molecule has 11 heteroatoms. The molecule has 0 aliphatic carbocycles. The Labute approximate surface area is 336 Å². The average Bonchev–Trinajstić information content (AvgIpc) is 3.17. The van der Waals surface area contributed by atoms with Crippen LogP contribution in [0.1, 0.15) is 206 Å². The van der Waals surface area contributed by atoms with Crippen molar-refractivity contribution >= 4 is 19.8 Å². The van der Waals surface area contributed by atoms with Gasteiger partial charge in [-0.05, 0) is 44.9 Å². The average molecular weight is 803 g/mol. The molecule has 0 aromatic heterocycles. The summed E-state index contributed by atoms with van der Waals surface area (Å²) in [6.45, 7) is 2.37. The van der Waals surface area contributed by atoms with Gasteiger partial charge in [0.05, 0.1) is 19.8 Å². The number of hydrogen-bond donors (Lipinski definition) is 3. The molecule has 0 saturated carbocycles. The van der Waals surface area contributed by atoms with E-state index in [1.807, 2.05) is 0 Å². The highest BCUT2D eigenvalue weighted by atomic mass is 31.2. The molecule has 0 heterocycles. The number of hydrogen-bond acceptors (Lipinski definition) is 9. The van der Waals surface area contributed by atoms with Gasteiger partial charge in [0.25, 0.3) is 0 Å². The molecule has 0 bridgehead atoms. The maximum atomic E-state index is 12.6. The van der Waals surface area contributed by atoms with E-state index >= 15 is 0 Å². The Morgan fingerprint density at radius 3 is 1.44 bits per heavy atom. The number of carbonyl (C=O) groups excluding carboxylic acids is 2. The summed E-state index contributed by atoms with van der Waals surface area (Å²) < 4.78 is 32.7. The van der Waals surface area contributed by atoms with Crippen molar-refractivity contribution in [3.8, 4) is 0 Å². The van der Waals surface area contributed by atoms with Gasteiger partial charge in [-0.25, -0.2) is 4.57 Å². The zero-order chi connectivity index (χ0) is 40.5. The Morgan fingerprint density at radius 1 is 0.545 bits per heavy atom. The minimum absolute atomic E-state index is 0.187. The minimum atomic E-state index is -4.61. The molecule has 0 aromatic rings. The summed E-state index contributed by atoms with van der Waals surface area (Å²) in [5.74, 6) is -0.925. The van der Waals surface area contributed by atoms with Crippen molar-refractivity contribution in [3.63, 3.8) is 0 Å². The summed E-state index contributed by atoms with van der Waals surface area (Å²) in [7, 11) is -4.61. The number of ether oxygens (including phenoxy) is 2. The van der Waals surface area contributed by atoms with E-state index in [9.17, 15) is 24.2 Å². The van der Waals surface area contributed by atoms with Gasteiger partial charge in [0.2, 0.25) is 0 Å². The number of phosphoric ester groups is 1. The molecule has 0 aliphatic heterocycles. The third kappa shape index (κ3) is 40.4. The molecule has 10 nitrogen and oxygen atoms in total. The van der Waals surface area contributed by atoms with E-state index < -0.39 is 51.8 Å². The van der Waals surface area contributed by atoms with Crippen LogP contribution in [0.5, 0.6) is 0 Å². The predicted octanol–water partition coefficient (Wildman–Crippen LogP) is 11.8. The van der Waals surface area contributed by atoms with Crippen LogP contribution >= 0.6 is 7.82 Å². The van der Waals surface area contributed by atoms with Gasteiger partial charge in [-0.2, -0.15) is 0 Å². The van der Waals surface area contributed by atoms with Gasteiger partial charge in [-0.1, -0.05) is 173 Å². The molecule has 55 heavy (non-hydrogen) atoms. The van der Waals surface area contributed by atoms with Crippen LogP contribution in [-0.4, -0.2) is 65.7 Å². The first-order valence-corrected chi connectivity index (χ1v) is 23.8. The standard InChI is InChI=1S/C44H83O10P/c1-3-5-7-9-11-13-15-17-19-20-22-23-25-27-29-31-33-35-43(47)51-39-42(40-53-55(49,50)52-38-41(46)37-45)54-44(48)36-34-32-30-28-26-24-21-18-16-14-12-10-8-6-4-2/h11,13,17,19,41-42,45-46H,3-10,12,14-16,18,20-40H2,1-2H3,(H,49,50)/b13-11+,19-17+/t41-,42+/m0/s1. The van der Waals surface area contributed by atoms with Crippen LogP contribution in [0.3, 0.4) is 0 Å². The second kappa shape index (κ2) is 40.6. The van der Waals surface area contributed by atoms with Gasteiger partial charge in [0, 0.05) is 12.8 Å². The lowest BCUT2D eigenvalue weighted by Gasteiger charge is -2.20. The van der Waals surface area contributed by atoms with Gasteiger partial charge in [0.15, 0.2) is 6.10 Å². The summed E-state index contributed by atoms with van der Waals surface area (Å²) in [4.78, 5) is 35.0. The molecule has 0 spiro atoms. The Kier molecular flexibility index (Phi) is 39.5. The van der Waals surface area contributed by atoms with E-state index in [1.165, 1.54) is 116 Å². The van der Waals surface area contributed by atoms with Crippen molar-refractivity contribution in [1.82, 2.24) is 0 Å². The molecule has 3 atom stereocenters. The number of aliphatic hydroxyl groups is 2. The van der Waals surface area contributed by atoms with Crippen molar-refractivity contribution in [2.24, 2.45) is 0 Å². The van der Waals surface area contributed by atoms with Crippen LogP contribution in [0.4, 0.5) is 0 Å². The summed E-state index contributed by atoms with van der Waals surface area (Å²) in [6, 6.07) is 0. The van der Waals surface area contributed by atoms with Crippen LogP contribution in [0.25, 0.3) is 0 Å². The quantitative estimate of drug-likeness (QED) is 0.0236. The van der Waals surface area contributed by atoms with Crippen LogP contribution in [-0.2, 0) is 32.7 Å². The third-order valence-corrected chi connectivity index (χ3v) is 10.6. The minimum Gasteiger partial charge on any atom is -0.462 e. The van der Waals surface area contributed by atoms with Crippen LogP contribution in [0.15, 0.2) is 24.3 Å². The van der Waals surface area contributed by atoms with Gasteiger partial charge in [-0.3, -0.25) is 18.6 Å². The predicted molar refractivity (Wildman–Crippen MR) is 224 cm³/mol. The molecule has 0 amide bonds. The van der Waals surface area contributed by atoms with Crippen molar-refractivity contribution in [2.45, 2.75) is 219 Å². The lowest BCUT2D eigenvalue weighted by Crippen LogP contribution is -2.29. The fraction of sp³-hybridized carbons (Fsp3) is 0.864. The number of esters is 2. The maximum absolute atomic E-state index is 12.6. The van der Waals surface area contributed by atoms with E-state index in [4.69, 9.17) is 23.6 Å². The number of rotatable bonds is 42. The smallest absolute Gasteiger partial charge is 0.462 e. The third-order valence-electron chi connectivity index (χ3n) is 9.61. The summed E-state index contributed by atoms with van der Waals surface area (Å²) in [5.41, 5.74) is 0. The fourth-order valence-corrected chi connectivity index (χ4v) is 6.93.